The molecule has 3 aromatic rings. The summed E-state index contributed by atoms with van der Waals surface area (Å²) in [5.74, 6) is 0.227. The highest BCUT2D eigenvalue weighted by molar-refractivity contribution is 6.29. The summed E-state index contributed by atoms with van der Waals surface area (Å²) in [6.07, 6.45) is 0. The van der Waals surface area contributed by atoms with Gasteiger partial charge in [0, 0.05) is 11.3 Å². The number of oxazole rings is 1. The van der Waals surface area contributed by atoms with Crippen LogP contribution >= 0.6 is 11.6 Å². The van der Waals surface area contributed by atoms with E-state index >= 15 is 0 Å². The minimum absolute atomic E-state index is 0.0783. The van der Waals surface area contributed by atoms with Crippen LogP contribution in [-0.2, 0) is 4.79 Å². The van der Waals surface area contributed by atoms with E-state index in [4.69, 9.17) is 16.0 Å². The molecule has 118 valence electrons. The number of carbonyl (C=O) groups excluding carboxylic acids is 1. The molecule has 1 aromatic heterocycles. The Morgan fingerprint density at radius 3 is 2.70 bits per heavy atom. The van der Waals surface area contributed by atoms with E-state index in [0.29, 0.717) is 11.6 Å². The molecule has 0 fully saturated rings. The maximum atomic E-state index is 11.5. The first-order valence-electron chi connectivity index (χ1n) is 7.33. The average molecular weight is 329 g/mol. The number of benzene rings is 2. The summed E-state index contributed by atoms with van der Waals surface area (Å²) in [7, 11) is 0. The Bertz CT molecular complexity index is 860. The second-order valence-corrected chi connectivity index (χ2v) is 5.85. The summed E-state index contributed by atoms with van der Waals surface area (Å²) in [5, 5.41) is 2.78. The number of alkyl halides is 1. The fourth-order valence-corrected chi connectivity index (χ4v) is 2.55. The number of halogens is 1. The number of aromatic nitrogens is 1. The lowest BCUT2D eigenvalue weighted by Crippen LogP contribution is -2.13. The Balaban J connectivity index is 2.08. The molecule has 3 rings (SSSR count). The van der Waals surface area contributed by atoms with Gasteiger partial charge in [0.05, 0.1) is 0 Å². The zero-order valence-electron chi connectivity index (χ0n) is 13.2. The van der Waals surface area contributed by atoms with E-state index in [1.807, 2.05) is 44.2 Å². The van der Waals surface area contributed by atoms with E-state index < -0.39 is 0 Å². The van der Waals surface area contributed by atoms with Crippen molar-refractivity contribution < 1.29 is 9.21 Å². The predicted molar refractivity (Wildman–Crippen MR) is 93.0 cm³/mol. The first-order valence-corrected chi connectivity index (χ1v) is 7.86. The van der Waals surface area contributed by atoms with Gasteiger partial charge < -0.3 is 9.73 Å². The number of aryl methyl sites for hydroxylation is 2. The molecule has 0 radical (unpaired) electrons. The molecule has 1 amide bonds. The summed E-state index contributed by atoms with van der Waals surface area (Å²) < 4.78 is 5.91. The Hall–Kier alpha value is -2.33. The van der Waals surface area contributed by atoms with Crippen LogP contribution in [0.5, 0.6) is 0 Å². The number of carbonyl (C=O) groups is 1. The molecule has 0 saturated carbocycles. The summed E-state index contributed by atoms with van der Waals surface area (Å²) in [6, 6.07) is 9.63. The molecule has 0 aliphatic heterocycles. The van der Waals surface area contributed by atoms with Crippen LogP contribution in [0.2, 0.25) is 0 Å². The van der Waals surface area contributed by atoms with Gasteiger partial charge in [-0.3, -0.25) is 4.79 Å². The Kier molecular flexibility index (Phi) is 4.09. The maximum Gasteiger partial charge on any atom is 0.239 e. The first-order chi connectivity index (χ1) is 11.0. The maximum absolute atomic E-state index is 11.5. The molecule has 0 spiro atoms. The molecule has 0 saturated heterocycles. The van der Waals surface area contributed by atoms with Crippen LogP contribution < -0.4 is 5.32 Å². The molecular weight excluding hydrogens is 312 g/mol. The third-order valence-corrected chi connectivity index (χ3v) is 4.21. The molecule has 0 aliphatic rings. The van der Waals surface area contributed by atoms with Crippen molar-refractivity contribution in [3.05, 3.63) is 47.0 Å². The highest BCUT2D eigenvalue weighted by Gasteiger charge is 2.14. The van der Waals surface area contributed by atoms with E-state index in [2.05, 4.69) is 17.2 Å². The molecule has 5 heteroatoms. The topological polar surface area (TPSA) is 55.1 Å². The minimum atomic E-state index is -0.240. The van der Waals surface area contributed by atoms with Crippen molar-refractivity contribution in [2.75, 3.05) is 11.2 Å². The minimum Gasteiger partial charge on any atom is -0.436 e. The Labute approximate surface area is 139 Å². The Morgan fingerprint density at radius 1 is 1.22 bits per heavy atom. The number of nitrogens with one attached hydrogen (secondary N) is 1. The zero-order valence-corrected chi connectivity index (χ0v) is 14.0. The van der Waals surface area contributed by atoms with E-state index in [9.17, 15) is 4.79 Å². The van der Waals surface area contributed by atoms with Crippen LogP contribution in [0.25, 0.3) is 22.6 Å². The van der Waals surface area contributed by atoms with Crippen LogP contribution in [0.15, 0.2) is 34.7 Å². The quantitative estimate of drug-likeness (QED) is 0.715. The van der Waals surface area contributed by atoms with E-state index in [0.717, 1.165) is 22.2 Å². The standard InChI is InChI=1S/C18H17ClN2O2/c1-10-7-15-16(8-11(10)2)23-18(21-15)13-5-4-6-14(12(13)3)20-17(22)9-19/h4-8H,9H2,1-3H3,(H,20,22). The molecule has 1 N–H and O–H groups in total. The molecular formula is C18H17ClN2O2. The average Bonchev–Trinajstić information content (AvgIpc) is 2.92. The molecule has 2 aromatic carbocycles. The van der Waals surface area contributed by atoms with Crippen LogP contribution in [0.4, 0.5) is 5.69 Å². The fraction of sp³-hybridized carbons (Fsp3) is 0.222. The van der Waals surface area contributed by atoms with Crippen molar-refractivity contribution in [2.24, 2.45) is 0 Å². The predicted octanol–water partition coefficient (Wildman–Crippen LogP) is 4.60. The van der Waals surface area contributed by atoms with Gasteiger partial charge in [0.15, 0.2) is 5.58 Å². The van der Waals surface area contributed by atoms with Crippen molar-refractivity contribution in [3.8, 4) is 11.5 Å². The fourth-order valence-electron chi connectivity index (χ4n) is 2.48. The molecule has 0 aliphatic carbocycles. The second kappa shape index (κ2) is 6.05. The number of hydrogen-bond donors (Lipinski definition) is 1. The third kappa shape index (κ3) is 2.94. The number of fused-ring (bicyclic) bond motifs is 1. The first kappa shape index (κ1) is 15.6. The summed E-state index contributed by atoms with van der Waals surface area (Å²) >= 11 is 5.55. The van der Waals surface area contributed by atoms with Gasteiger partial charge in [0.25, 0.3) is 0 Å². The number of anilines is 1. The smallest absolute Gasteiger partial charge is 0.239 e. The number of hydrogen-bond acceptors (Lipinski definition) is 3. The number of nitrogens with zero attached hydrogens (tertiary/aromatic N) is 1. The van der Waals surface area contributed by atoms with Crippen molar-refractivity contribution in [1.82, 2.24) is 4.98 Å². The van der Waals surface area contributed by atoms with Crippen molar-refractivity contribution in [1.29, 1.82) is 0 Å². The normalized spacial score (nSPS) is 11.0. The Morgan fingerprint density at radius 2 is 1.96 bits per heavy atom. The largest absolute Gasteiger partial charge is 0.436 e. The van der Waals surface area contributed by atoms with Gasteiger partial charge in [0.1, 0.15) is 11.4 Å². The monoisotopic (exact) mass is 328 g/mol. The lowest BCUT2D eigenvalue weighted by Gasteiger charge is -2.09. The van der Waals surface area contributed by atoms with Gasteiger partial charge >= 0.3 is 0 Å². The highest BCUT2D eigenvalue weighted by atomic mass is 35.5. The lowest BCUT2D eigenvalue weighted by atomic mass is 10.1. The van der Waals surface area contributed by atoms with Gasteiger partial charge in [0.2, 0.25) is 11.8 Å². The van der Waals surface area contributed by atoms with E-state index in [1.165, 1.54) is 11.1 Å². The molecule has 0 atom stereocenters. The summed E-state index contributed by atoms with van der Waals surface area (Å²) in [4.78, 5) is 16.1. The second-order valence-electron chi connectivity index (χ2n) is 5.58. The van der Waals surface area contributed by atoms with E-state index in [1.54, 1.807) is 0 Å². The molecule has 0 unspecified atom stereocenters. The van der Waals surface area contributed by atoms with Gasteiger partial charge in [-0.25, -0.2) is 4.98 Å². The molecule has 4 nitrogen and oxygen atoms in total. The van der Waals surface area contributed by atoms with Gasteiger partial charge in [-0.2, -0.15) is 0 Å². The summed E-state index contributed by atoms with van der Waals surface area (Å²) in [6.45, 7) is 6.02. The number of rotatable bonds is 3. The lowest BCUT2D eigenvalue weighted by molar-refractivity contribution is -0.113. The molecule has 23 heavy (non-hydrogen) atoms. The van der Waals surface area contributed by atoms with Crippen molar-refractivity contribution >= 4 is 34.3 Å². The third-order valence-electron chi connectivity index (χ3n) is 3.96. The van der Waals surface area contributed by atoms with Crippen molar-refractivity contribution in [2.45, 2.75) is 20.8 Å². The molecule has 1 heterocycles. The van der Waals surface area contributed by atoms with Gasteiger partial charge in [-0.1, -0.05) is 6.07 Å². The van der Waals surface area contributed by atoms with E-state index in [-0.39, 0.29) is 11.8 Å². The number of amides is 1. The van der Waals surface area contributed by atoms with Crippen molar-refractivity contribution in [3.63, 3.8) is 0 Å². The summed E-state index contributed by atoms with van der Waals surface area (Å²) in [5.41, 5.74) is 6.39. The van der Waals surface area contributed by atoms with Gasteiger partial charge in [-0.05, 0) is 61.7 Å². The van der Waals surface area contributed by atoms with Crippen LogP contribution in [-0.4, -0.2) is 16.8 Å². The van der Waals surface area contributed by atoms with Crippen LogP contribution in [0.1, 0.15) is 16.7 Å². The highest BCUT2D eigenvalue weighted by Crippen LogP contribution is 2.31. The molecule has 0 bridgehead atoms. The van der Waals surface area contributed by atoms with Gasteiger partial charge in [-0.15, -0.1) is 11.6 Å². The van der Waals surface area contributed by atoms with Crippen LogP contribution in [0, 0.1) is 20.8 Å². The SMILES string of the molecule is Cc1cc2nc(-c3cccc(NC(=O)CCl)c3C)oc2cc1C. The zero-order chi connectivity index (χ0) is 16.6. The van der Waals surface area contributed by atoms with Crippen LogP contribution in [0.3, 0.4) is 0 Å².